The van der Waals surface area contributed by atoms with Crippen molar-refractivity contribution >= 4 is 23.3 Å². The molecule has 2 rings (SSSR count). The summed E-state index contributed by atoms with van der Waals surface area (Å²) in [4.78, 5) is 11.1. The van der Waals surface area contributed by atoms with Crippen LogP contribution in [0, 0.1) is 0 Å². The number of halogens is 1. The minimum atomic E-state index is -0.819. The van der Waals surface area contributed by atoms with Crippen molar-refractivity contribution in [2.24, 2.45) is 0 Å². The number of allylic oxidation sites excluding steroid dienone is 2. The highest BCUT2D eigenvalue weighted by atomic mass is 35.5. The standard InChI is InChI=1S/C13H14ClNO2.C3H8/c1-2-3-8-6-12(13(16)17)15-11-5-4-9(14)7-10(8)11;1-3-2/h2-5,7-8,12,15H,6H2,1H3,(H,16,17);3H2,1-2H3/b3-2-;. The molecule has 0 fully saturated rings. The van der Waals surface area contributed by atoms with E-state index in [0.29, 0.717) is 11.4 Å². The van der Waals surface area contributed by atoms with E-state index in [9.17, 15) is 4.79 Å². The minimum absolute atomic E-state index is 0.107. The third kappa shape index (κ3) is 4.27. The van der Waals surface area contributed by atoms with Crippen LogP contribution in [0.25, 0.3) is 0 Å². The quantitative estimate of drug-likeness (QED) is 0.779. The Morgan fingerprint density at radius 3 is 2.70 bits per heavy atom. The third-order valence-electron chi connectivity index (χ3n) is 2.96. The SMILES string of the molecule is C/C=C\C1CC(C(=O)O)Nc2ccc(Cl)cc21.CCC. The monoisotopic (exact) mass is 295 g/mol. The summed E-state index contributed by atoms with van der Waals surface area (Å²) in [5.41, 5.74) is 1.92. The Labute approximate surface area is 125 Å². The first-order valence-electron chi connectivity index (χ1n) is 6.95. The number of aliphatic carboxylic acids is 1. The number of anilines is 1. The van der Waals surface area contributed by atoms with E-state index >= 15 is 0 Å². The fourth-order valence-corrected chi connectivity index (χ4v) is 2.36. The van der Waals surface area contributed by atoms with Crippen LogP contribution in [0.15, 0.2) is 30.4 Å². The van der Waals surface area contributed by atoms with Gasteiger partial charge in [0.2, 0.25) is 0 Å². The summed E-state index contributed by atoms with van der Waals surface area (Å²) in [5, 5.41) is 12.8. The van der Waals surface area contributed by atoms with Gasteiger partial charge in [0.05, 0.1) is 0 Å². The molecule has 1 aromatic rings. The lowest BCUT2D eigenvalue weighted by Crippen LogP contribution is -2.34. The van der Waals surface area contributed by atoms with Gasteiger partial charge in [0, 0.05) is 16.6 Å². The topological polar surface area (TPSA) is 49.3 Å². The second-order valence-corrected chi connectivity index (χ2v) is 5.28. The van der Waals surface area contributed by atoms with Crippen LogP contribution in [0.5, 0.6) is 0 Å². The molecule has 3 nitrogen and oxygen atoms in total. The number of benzene rings is 1. The van der Waals surface area contributed by atoms with Gasteiger partial charge in [0.15, 0.2) is 0 Å². The second-order valence-electron chi connectivity index (χ2n) is 4.84. The van der Waals surface area contributed by atoms with Gasteiger partial charge in [-0.05, 0) is 37.1 Å². The van der Waals surface area contributed by atoms with Gasteiger partial charge in [0.25, 0.3) is 0 Å². The van der Waals surface area contributed by atoms with Gasteiger partial charge in [0.1, 0.15) is 6.04 Å². The van der Waals surface area contributed by atoms with E-state index in [0.717, 1.165) is 11.3 Å². The van der Waals surface area contributed by atoms with E-state index in [1.165, 1.54) is 6.42 Å². The fraction of sp³-hybridized carbons (Fsp3) is 0.438. The Morgan fingerprint density at radius 1 is 1.50 bits per heavy atom. The summed E-state index contributed by atoms with van der Waals surface area (Å²) in [6.45, 7) is 6.18. The predicted octanol–water partition coefficient (Wildman–Crippen LogP) is 4.68. The molecule has 0 radical (unpaired) electrons. The second kappa shape index (κ2) is 7.95. The van der Waals surface area contributed by atoms with E-state index in [2.05, 4.69) is 19.2 Å². The fourth-order valence-electron chi connectivity index (χ4n) is 2.18. The van der Waals surface area contributed by atoms with Crippen LogP contribution in [0.3, 0.4) is 0 Å². The molecular formula is C16H22ClNO2. The Morgan fingerprint density at radius 2 is 2.15 bits per heavy atom. The number of carbonyl (C=O) groups is 1. The molecule has 0 saturated carbocycles. The van der Waals surface area contributed by atoms with E-state index in [1.807, 2.05) is 31.2 Å². The van der Waals surface area contributed by atoms with Crippen LogP contribution in [-0.2, 0) is 4.79 Å². The summed E-state index contributed by atoms with van der Waals surface area (Å²) in [6.07, 6.45) is 5.76. The first-order valence-corrected chi connectivity index (χ1v) is 7.32. The summed E-state index contributed by atoms with van der Waals surface area (Å²) >= 11 is 5.97. The molecular weight excluding hydrogens is 274 g/mol. The van der Waals surface area contributed by atoms with Gasteiger partial charge in [-0.2, -0.15) is 0 Å². The average Bonchev–Trinajstić information content (AvgIpc) is 2.40. The molecule has 2 N–H and O–H groups in total. The van der Waals surface area contributed by atoms with E-state index in [4.69, 9.17) is 16.7 Å². The average molecular weight is 296 g/mol. The lowest BCUT2D eigenvalue weighted by atomic mass is 9.86. The van der Waals surface area contributed by atoms with Crippen molar-refractivity contribution in [3.05, 3.63) is 40.9 Å². The molecule has 110 valence electrons. The number of rotatable bonds is 2. The van der Waals surface area contributed by atoms with Gasteiger partial charge in [-0.1, -0.05) is 44.0 Å². The zero-order valence-electron chi connectivity index (χ0n) is 12.2. The third-order valence-corrected chi connectivity index (χ3v) is 3.19. The van der Waals surface area contributed by atoms with Crippen molar-refractivity contribution in [2.45, 2.75) is 45.6 Å². The van der Waals surface area contributed by atoms with E-state index in [1.54, 1.807) is 6.07 Å². The van der Waals surface area contributed by atoms with Crippen LogP contribution >= 0.6 is 11.6 Å². The summed E-state index contributed by atoms with van der Waals surface area (Å²) in [5.74, 6) is -0.712. The molecule has 2 unspecified atom stereocenters. The van der Waals surface area contributed by atoms with Crippen molar-refractivity contribution in [1.82, 2.24) is 0 Å². The predicted molar refractivity (Wildman–Crippen MR) is 84.6 cm³/mol. The van der Waals surface area contributed by atoms with Gasteiger partial charge < -0.3 is 10.4 Å². The smallest absolute Gasteiger partial charge is 0.326 e. The largest absolute Gasteiger partial charge is 0.480 e. The normalized spacial score (nSPS) is 20.6. The highest BCUT2D eigenvalue weighted by Gasteiger charge is 2.29. The molecule has 1 aliphatic heterocycles. The summed E-state index contributed by atoms with van der Waals surface area (Å²) in [7, 11) is 0. The van der Waals surface area contributed by atoms with Crippen LogP contribution < -0.4 is 5.32 Å². The van der Waals surface area contributed by atoms with E-state index in [-0.39, 0.29) is 5.92 Å². The maximum atomic E-state index is 11.1. The highest BCUT2D eigenvalue weighted by Crippen LogP contribution is 2.36. The van der Waals surface area contributed by atoms with Gasteiger partial charge >= 0.3 is 5.97 Å². The van der Waals surface area contributed by atoms with Crippen molar-refractivity contribution in [2.75, 3.05) is 5.32 Å². The number of hydrogen-bond donors (Lipinski definition) is 2. The molecule has 0 aromatic heterocycles. The molecule has 2 atom stereocenters. The molecule has 20 heavy (non-hydrogen) atoms. The molecule has 0 spiro atoms. The van der Waals surface area contributed by atoms with Gasteiger partial charge in [-0.25, -0.2) is 4.79 Å². The molecule has 1 aromatic carbocycles. The van der Waals surface area contributed by atoms with Crippen LogP contribution in [0.4, 0.5) is 5.69 Å². The highest BCUT2D eigenvalue weighted by molar-refractivity contribution is 6.30. The van der Waals surface area contributed by atoms with Crippen LogP contribution in [0.1, 0.15) is 45.1 Å². The number of carboxylic acids is 1. The van der Waals surface area contributed by atoms with Crippen molar-refractivity contribution < 1.29 is 9.90 Å². The molecule has 4 heteroatoms. The lowest BCUT2D eigenvalue weighted by Gasteiger charge is -2.29. The Hall–Kier alpha value is -1.48. The molecule has 0 aliphatic carbocycles. The molecule has 1 aliphatic rings. The molecule has 1 heterocycles. The summed E-state index contributed by atoms with van der Waals surface area (Å²) < 4.78 is 0. The van der Waals surface area contributed by atoms with Crippen molar-refractivity contribution in [1.29, 1.82) is 0 Å². The Kier molecular flexibility index (Phi) is 6.59. The first-order chi connectivity index (χ1) is 9.53. The molecule has 0 amide bonds. The van der Waals surface area contributed by atoms with E-state index < -0.39 is 12.0 Å². The zero-order chi connectivity index (χ0) is 15.1. The van der Waals surface area contributed by atoms with Gasteiger partial charge in [-0.15, -0.1) is 0 Å². The Bertz CT molecular complexity index is 485. The number of hydrogen-bond acceptors (Lipinski definition) is 2. The van der Waals surface area contributed by atoms with Gasteiger partial charge in [-0.3, -0.25) is 0 Å². The lowest BCUT2D eigenvalue weighted by molar-refractivity contribution is -0.138. The minimum Gasteiger partial charge on any atom is -0.480 e. The molecule has 0 bridgehead atoms. The van der Waals surface area contributed by atoms with Crippen molar-refractivity contribution in [3.8, 4) is 0 Å². The Balaban J connectivity index is 0.000000612. The first kappa shape index (κ1) is 16.6. The maximum absolute atomic E-state index is 11.1. The summed E-state index contributed by atoms with van der Waals surface area (Å²) in [6, 6.07) is 4.96. The van der Waals surface area contributed by atoms with Crippen LogP contribution in [-0.4, -0.2) is 17.1 Å². The zero-order valence-corrected chi connectivity index (χ0v) is 12.9. The number of carboxylic acid groups (broad SMARTS) is 1. The maximum Gasteiger partial charge on any atom is 0.326 e. The molecule has 0 saturated heterocycles. The van der Waals surface area contributed by atoms with Crippen LogP contribution in [0.2, 0.25) is 5.02 Å². The van der Waals surface area contributed by atoms with Crippen molar-refractivity contribution in [3.63, 3.8) is 0 Å². The number of nitrogens with one attached hydrogen (secondary N) is 1. The number of fused-ring (bicyclic) bond motifs is 1.